The van der Waals surface area contributed by atoms with Crippen molar-refractivity contribution in [2.45, 2.75) is 26.1 Å². The number of pyridine rings is 1. The largest absolute Gasteiger partial charge is 0.372 e. The lowest BCUT2D eigenvalue weighted by Crippen LogP contribution is -2.46. The van der Waals surface area contributed by atoms with E-state index in [0.29, 0.717) is 0 Å². The molecule has 0 N–H and O–H groups in total. The summed E-state index contributed by atoms with van der Waals surface area (Å²) < 4.78 is 5.83. The SMILES string of the molecule is C[C@H]1CN(c2ncc(-c3ccncc3)c(-c3cccs3)n2)C[C@H](C)O1. The fourth-order valence-electron chi connectivity index (χ4n) is 3.21. The first-order chi connectivity index (χ1) is 12.2. The lowest BCUT2D eigenvalue weighted by molar-refractivity contribution is -0.00571. The predicted molar refractivity (Wildman–Crippen MR) is 101 cm³/mol. The summed E-state index contributed by atoms with van der Waals surface area (Å²) in [6.07, 6.45) is 5.88. The zero-order chi connectivity index (χ0) is 17.2. The maximum Gasteiger partial charge on any atom is 0.226 e. The second-order valence-electron chi connectivity index (χ2n) is 6.31. The normalized spacial score (nSPS) is 20.6. The Balaban J connectivity index is 1.78. The van der Waals surface area contributed by atoms with Gasteiger partial charge in [0.15, 0.2) is 0 Å². The van der Waals surface area contributed by atoms with Gasteiger partial charge in [0.2, 0.25) is 5.95 Å². The second kappa shape index (κ2) is 6.90. The van der Waals surface area contributed by atoms with Crippen molar-refractivity contribution in [3.8, 4) is 21.7 Å². The highest BCUT2D eigenvalue weighted by Crippen LogP contribution is 2.34. The van der Waals surface area contributed by atoms with Crippen molar-refractivity contribution in [2.75, 3.05) is 18.0 Å². The van der Waals surface area contributed by atoms with Crippen LogP contribution < -0.4 is 4.90 Å². The molecule has 2 atom stereocenters. The van der Waals surface area contributed by atoms with Crippen molar-refractivity contribution in [3.05, 3.63) is 48.2 Å². The molecule has 6 heteroatoms. The van der Waals surface area contributed by atoms with Crippen LogP contribution in [0.15, 0.2) is 48.2 Å². The molecule has 5 nitrogen and oxygen atoms in total. The quantitative estimate of drug-likeness (QED) is 0.716. The Bertz CT molecular complexity index is 828. The highest BCUT2D eigenvalue weighted by molar-refractivity contribution is 7.13. The lowest BCUT2D eigenvalue weighted by Gasteiger charge is -2.35. The van der Waals surface area contributed by atoms with Gasteiger partial charge in [0.25, 0.3) is 0 Å². The maximum atomic E-state index is 5.83. The van der Waals surface area contributed by atoms with E-state index in [1.54, 1.807) is 23.7 Å². The first-order valence-electron chi connectivity index (χ1n) is 8.42. The molecule has 1 fully saturated rings. The number of aromatic nitrogens is 3. The molecule has 0 saturated carbocycles. The summed E-state index contributed by atoms with van der Waals surface area (Å²) >= 11 is 1.69. The Morgan fingerprint density at radius 3 is 2.56 bits per heavy atom. The molecule has 25 heavy (non-hydrogen) atoms. The maximum absolute atomic E-state index is 5.83. The van der Waals surface area contributed by atoms with Gasteiger partial charge in [-0.25, -0.2) is 9.97 Å². The van der Waals surface area contributed by atoms with Crippen LogP contribution in [0.2, 0.25) is 0 Å². The van der Waals surface area contributed by atoms with Gasteiger partial charge in [-0.1, -0.05) is 6.07 Å². The molecule has 3 aromatic rings. The van der Waals surface area contributed by atoms with E-state index >= 15 is 0 Å². The van der Waals surface area contributed by atoms with Crippen molar-refractivity contribution in [3.63, 3.8) is 0 Å². The van der Waals surface area contributed by atoms with Crippen molar-refractivity contribution in [1.29, 1.82) is 0 Å². The van der Waals surface area contributed by atoms with E-state index in [1.165, 1.54) is 0 Å². The summed E-state index contributed by atoms with van der Waals surface area (Å²) in [5, 5.41) is 2.08. The van der Waals surface area contributed by atoms with Crippen LogP contribution in [0.5, 0.6) is 0 Å². The van der Waals surface area contributed by atoms with Gasteiger partial charge in [-0.3, -0.25) is 4.98 Å². The Morgan fingerprint density at radius 2 is 1.88 bits per heavy atom. The van der Waals surface area contributed by atoms with Crippen molar-refractivity contribution in [2.24, 2.45) is 0 Å². The molecule has 1 aliphatic rings. The summed E-state index contributed by atoms with van der Waals surface area (Å²) in [5.41, 5.74) is 3.08. The Hall–Kier alpha value is -2.31. The van der Waals surface area contributed by atoms with Gasteiger partial charge in [-0.15, -0.1) is 11.3 Å². The molecule has 0 unspecified atom stereocenters. The number of rotatable bonds is 3. The van der Waals surface area contributed by atoms with Gasteiger partial charge in [0.05, 0.1) is 22.8 Å². The van der Waals surface area contributed by atoms with Crippen molar-refractivity contribution < 1.29 is 4.74 Å². The van der Waals surface area contributed by atoms with Crippen LogP contribution in [0.1, 0.15) is 13.8 Å². The Morgan fingerprint density at radius 1 is 1.12 bits per heavy atom. The average Bonchev–Trinajstić information content (AvgIpc) is 3.16. The molecule has 4 heterocycles. The average molecular weight is 352 g/mol. The molecule has 128 valence electrons. The summed E-state index contributed by atoms with van der Waals surface area (Å²) in [4.78, 5) is 17.1. The standard InChI is InChI=1S/C19H20N4OS/c1-13-11-23(12-14(2)24-13)19-21-10-16(15-5-7-20-8-6-15)18(22-19)17-4-3-9-25-17/h3-10,13-14H,11-12H2,1-2H3/t13-,14-/m0/s1. The van der Waals surface area contributed by atoms with E-state index < -0.39 is 0 Å². The third-order valence-electron chi connectivity index (χ3n) is 4.22. The number of ether oxygens (including phenoxy) is 1. The second-order valence-corrected chi connectivity index (χ2v) is 7.26. The molecular formula is C19H20N4OS. The minimum absolute atomic E-state index is 0.178. The first kappa shape index (κ1) is 16.2. The molecule has 0 amide bonds. The predicted octanol–water partition coefficient (Wildman–Crippen LogP) is 3.88. The zero-order valence-electron chi connectivity index (χ0n) is 14.3. The molecule has 1 saturated heterocycles. The van der Waals surface area contributed by atoms with Crippen LogP contribution in [-0.4, -0.2) is 40.2 Å². The monoisotopic (exact) mass is 352 g/mol. The van der Waals surface area contributed by atoms with E-state index in [1.807, 2.05) is 18.3 Å². The number of nitrogens with zero attached hydrogens (tertiary/aromatic N) is 4. The summed E-state index contributed by atoms with van der Waals surface area (Å²) in [6, 6.07) is 8.14. The number of hydrogen-bond acceptors (Lipinski definition) is 6. The Labute approximate surface area is 151 Å². The molecule has 0 bridgehead atoms. The number of hydrogen-bond donors (Lipinski definition) is 0. The number of morpholine rings is 1. The van der Waals surface area contributed by atoms with Crippen LogP contribution in [0.4, 0.5) is 5.95 Å². The Kier molecular flexibility index (Phi) is 4.46. The molecule has 4 rings (SSSR count). The number of anilines is 1. The van der Waals surface area contributed by atoms with Crippen molar-refractivity contribution in [1.82, 2.24) is 15.0 Å². The molecule has 1 aliphatic heterocycles. The topological polar surface area (TPSA) is 51.1 Å². The number of thiophene rings is 1. The van der Waals surface area contributed by atoms with E-state index in [4.69, 9.17) is 9.72 Å². The summed E-state index contributed by atoms with van der Waals surface area (Å²) in [6.45, 7) is 5.80. The van der Waals surface area contributed by atoms with Crippen LogP contribution in [0, 0.1) is 0 Å². The van der Waals surface area contributed by atoms with Gasteiger partial charge in [-0.2, -0.15) is 0 Å². The fourth-order valence-corrected chi connectivity index (χ4v) is 3.94. The van der Waals surface area contributed by atoms with Gasteiger partial charge in [-0.05, 0) is 43.0 Å². The summed E-state index contributed by atoms with van der Waals surface area (Å²) in [7, 11) is 0. The third kappa shape index (κ3) is 3.41. The van der Waals surface area contributed by atoms with E-state index in [0.717, 1.165) is 40.7 Å². The fraction of sp³-hybridized carbons (Fsp3) is 0.316. The minimum atomic E-state index is 0.178. The molecule has 3 aromatic heterocycles. The highest BCUT2D eigenvalue weighted by atomic mass is 32.1. The van der Waals surface area contributed by atoms with Gasteiger partial charge in [0.1, 0.15) is 0 Å². The van der Waals surface area contributed by atoms with Crippen LogP contribution in [0.25, 0.3) is 21.7 Å². The van der Waals surface area contributed by atoms with E-state index in [-0.39, 0.29) is 12.2 Å². The van der Waals surface area contributed by atoms with Crippen molar-refractivity contribution >= 4 is 17.3 Å². The van der Waals surface area contributed by atoms with Crippen LogP contribution >= 0.6 is 11.3 Å². The smallest absolute Gasteiger partial charge is 0.226 e. The minimum Gasteiger partial charge on any atom is -0.372 e. The molecule has 0 spiro atoms. The van der Waals surface area contributed by atoms with Gasteiger partial charge < -0.3 is 9.64 Å². The van der Waals surface area contributed by atoms with E-state index in [9.17, 15) is 0 Å². The molecule has 0 aliphatic carbocycles. The summed E-state index contributed by atoms with van der Waals surface area (Å²) in [5.74, 6) is 0.767. The highest BCUT2D eigenvalue weighted by Gasteiger charge is 2.25. The third-order valence-corrected chi connectivity index (χ3v) is 5.10. The molecule has 0 aromatic carbocycles. The molecule has 0 radical (unpaired) electrons. The van der Waals surface area contributed by atoms with Crippen LogP contribution in [0.3, 0.4) is 0 Å². The van der Waals surface area contributed by atoms with Crippen LogP contribution in [-0.2, 0) is 4.74 Å². The van der Waals surface area contributed by atoms with Gasteiger partial charge in [0, 0.05) is 37.2 Å². The lowest BCUT2D eigenvalue weighted by atomic mass is 10.1. The van der Waals surface area contributed by atoms with E-state index in [2.05, 4.69) is 46.2 Å². The first-order valence-corrected chi connectivity index (χ1v) is 9.30. The van der Waals surface area contributed by atoms with Gasteiger partial charge >= 0.3 is 0 Å². The zero-order valence-corrected chi connectivity index (χ0v) is 15.1. The molecular weight excluding hydrogens is 332 g/mol.